The Kier molecular flexibility index (Phi) is 3.48. The summed E-state index contributed by atoms with van der Waals surface area (Å²) in [5.41, 5.74) is 0.313. The van der Waals surface area contributed by atoms with E-state index in [1.807, 2.05) is 6.26 Å². The van der Waals surface area contributed by atoms with E-state index in [4.69, 9.17) is 10.2 Å². The Morgan fingerprint density at radius 1 is 1.31 bits per heavy atom. The molecule has 2 N–H and O–H groups in total. The molecule has 0 amide bonds. The van der Waals surface area contributed by atoms with E-state index in [0.717, 1.165) is 4.90 Å². The van der Waals surface area contributed by atoms with Crippen molar-refractivity contribution in [3.05, 3.63) is 29.8 Å². The lowest BCUT2D eigenvalue weighted by atomic mass is 10.1. The average Bonchev–Trinajstić information content (AvgIpc) is 2.17. The SMILES string of the molecule is CSc1ccc(C(=O)C(O)O)cc1. The molecule has 3 nitrogen and oxygen atoms in total. The molecule has 0 heterocycles. The van der Waals surface area contributed by atoms with Crippen LogP contribution in [0, 0.1) is 0 Å². The summed E-state index contributed by atoms with van der Waals surface area (Å²) in [7, 11) is 0. The second kappa shape index (κ2) is 4.41. The lowest BCUT2D eigenvalue weighted by molar-refractivity contribution is -0.0195. The Morgan fingerprint density at radius 3 is 2.23 bits per heavy atom. The fourth-order valence-electron chi connectivity index (χ4n) is 0.904. The van der Waals surface area contributed by atoms with Gasteiger partial charge in [0.2, 0.25) is 12.1 Å². The van der Waals surface area contributed by atoms with Crippen LogP contribution in [0.5, 0.6) is 0 Å². The van der Waals surface area contributed by atoms with Gasteiger partial charge >= 0.3 is 0 Å². The van der Waals surface area contributed by atoms with E-state index in [9.17, 15) is 4.79 Å². The van der Waals surface area contributed by atoms with Crippen LogP contribution < -0.4 is 0 Å². The monoisotopic (exact) mass is 198 g/mol. The minimum Gasteiger partial charge on any atom is -0.362 e. The van der Waals surface area contributed by atoms with Gasteiger partial charge in [0.15, 0.2) is 0 Å². The van der Waals surface area contributed by atoms with Crippen molar-refractivity contribution in [1.82, 2.24) is 0 Å². The van der Waals surface area contributed by atoms with Crippen molar-refractivity contribution in [1.29, 1.82) is 0 Å². The molecule has 13 heavy (non-hydrogen) atoms. The first-order valence-electron chi connectivity index (χ1n) is 3.69. The van der Waals surface area contributed by atoms with Gasteiger partial charge in [0.25, 0.3) is 0 Å². The Hall–Kier alpha value is -0.840. The van der Waals surface area contributed by atoms with Crippen molar-refractivity contribution in [2.24, 2.45) is 0 Å². The summed E-state index contributed by atoms with van der Waals surface area (Å²) in [6.07, 6.45) is 0.0117. The van der Waals surface area contributed by atoms with Crippen LogP contribution in [0.15, 0.2) is 29.2 Å². The first-order valence-corrected chi connectivity index (χ1v) is 4.92. The van der Waals surface area contributed by atoms with E-state index < -0.39 is 12.1 Å². The Labute approximate surface area is 80.4 Å². The Balaban J connectivity index is 2.86. The molecule has 0 aromatic heterocycles. The quantitative estimate of drug-likeness (QED) is 0.430. The van der Waals surface area contributed by atoms with Crippen LogP contribution in [0.2, 0.25) is 0 Å². The van der Waals surface area contributed by atoms with Crippen molar-refractivity contribution in [2.75, 3.05) is 6.26 Å². The average molecular weight is 198 g/mol. The smallest absolute Gasteiger partial charge is 0.218 e. The van der Waals surface area contributed by atoms with E-state index in [1.165, 1.54) is 0 Å². The number of carbonyl (C=O) groups excluding carboxylic acids is 1. The molecule has 1 aromatic rings. The van der Waals surface area contributed by atoms with Gasteiger partial charge in [0, 0.05) is 10.5 Å². The van der Waals surface area contributed by atoms with Gasteiger partial charge in [-0.1, -0.05) is 12.1 Å². The highest BCUT2D eigenvalue weighted by Crippen LogP contribution is 2.15. The molecule has 0 bridgehead atoms. The summed E-state index contributed by atoms with van der Waals surface area (Å²) in [5, 5.41) is 17.2. The number of benzene rings is 1. The van der Waals surface area contributed by atoms with Crippen LogP contribution in [-0.2, 0) is 0 Å². The molecule has 0 unspecified atom stereocenters. The first-order chi connectivity index (χ1) is 6.15. The lowest BCUT2D eigenvalue weighted by Gasteiger charge is -2.02. The van der Waals surface area contributed by atoms with Gasteiger partial charge in [-0.2, -0.15) is 0 Å². The van der Waals surface area contributed by atoms with Crippen molar-refractivity contribution in [3.8, 4) is 0 Å². The number of rotatable bonds is 3. The zero-order valence-corrected chi connectivity index (χ0v) is 7.91. The molecule has 0 radical (unpaired) electrons. The predicted molar refractivity (Wildman–Crippen MR) is 50.8 cm³/mol. The molecule has 70 valence electrons. The van der Waals surface area contributed by atoms with Crippen molar-refractivity contribution in [3.63, 3.8) is 0 Å². The third-order valence-corrected chi connectivity index (χ3v) is 2.35. The van der Waals surface area contributed by atoms with Gasteiger partial charge in [-0.05, 0) is 18.4 Å². The van der Waals surface area contributed by atoms with Gasteiger partial charge in [0.05, 0.1) is 0 Å². The fourth-order valence-corrected chi connectivity index (χ4v) is 1.31. The van der Waals surface area contributed by atoms with Crippen LogP contribution in [-0.4, -0.2) is 28.5 Å². The number of hydrogen-bond acceptors (Lipinski definition) is 4. The maximum absolute atomic E-state index is 11.0. The first kappa shape index (κ1) is 10.2. The number of Topliss-reactive ketones (excluding diaryl/α,β-unsaturated/α-hetero) is 1. The minimum atomic E-state index is -1.92. The van der Waals surface area contributed by atoms with E-state index in [1.54, 1.807) is 36.0 Å². The number of hydrogen-bond donors (Lipinski definition) is 2. The molecule has 1 aromatic carbocycles. The van der Waals surface area contributed by atoms with Gasteiger partial charge < -0.3 is 10.2 Å². The maximum atomic E-state index is 11.0. The second-order valence-corrected chi connectivity index (χ2v) is 3.35. The third-order valence-electron chi connectivity index (χ3n) is 1.61. The molecule has 0 aliphatic carbocycles. The largest absolute Gasteiger partial charge is 0.362 e. The van der Waals surface area contributed by atoms with Crippen LogP contribution >= 0.6 is 11.8 Å². The second-order valence-electron chi connectivity index (χ2n) is 2.47. The molecule has 0 saturated heterocycles. The number of ketones is 1. The van der Waals surface area contributed by atoms with Crippen molar-refractivity contribution >= 4 is 17.5 Å². The minimum absolute atomic E-state index is 0.313. The normalized spacial score (nSPS) is 10.5. The number of thioether (sulfide) groups is 1. The van der Waals surface area contributed by atoms with Gasteiger partial charge in [0.1, 0.15) is 0 Å². The standard InChI is InChI=1S/C9H10O3S/c1-13-7-4-2-6(3-5-7)8(10)9(11)12/h2-5,9,11-12H,1H3. The third kappa shape index (κ3) is 2.55. The number of aliphatic hydroxyl groups excluding tert-OH is 1. The molecular weight excluding hydrogens is 188 g/mol. The van der Waals surface area contributed by atoms with E-state index in [2.05, 4.69) is 0 Å². The van der Waals surface area contributed by atoms with Crippen LogP contribution in [0.1, 0.15) is 10.4 Å². The lowest BCUT2D eigenvalue weighted by Crippen LogP contribution is -2.19. The summed E-state index contributed by atoms with van der Waals surface area (Å²) < 4.78 is 0. The van der Waals surface area contributed by atoms with E-state index in [-0.39, 0.29) is 0 Å². The summed E-state index contributed by atoms with van der Waals surface area (Å²) in [5.74, 6) is -0.673. The van der Waals surface area contributed by atoms with Crippen LogP contribution in [0.3, 0.4) is 0 Å². The van der Waals surface area contributed by atoms with Gasteiger partial charge in [-0.3, -0.25) is 4.79 Å². The number of carbonyl (C=O) groups is 1. The topological polar surface area (TPSA) is 57.5 Å². The summed E-state index contributed by atoms with van der Waals surface area (Å²) in [6.45, 7) is 0. The predicted octanol–water partition coefficient (Wildman–Crippen LogP) is 0.902. The zero-order chi connectivity index (χ0) is 9.84. The zero-order valence-electron chi connectivity index (χ0n) is 7.10. The summed E-state index contributed by atoms with van der Waals surface area (Å²) >= 11 is 1.56. The van der Waals surface area contributed by atoms with Crippen molar-refractivity contribution in [2.45, 2.75) is 11.2 Å². The highest BCUT2D eigenvalue weighted by molar-refractivity contribution is 7.98. The summed E-state index contributed by atoms with van der Waals surface area (Å²) in [4.78, 5) is 12.1. The fraction of sp³-hybridized carbons (Fsp3) is 0.222. The van der Waals surface area contributed by atoms with E-state index in [0.29, 0.717) is 5.56 Å². The van der Waals surface area contributed by atoms with Crippen LogP contribution in [0.4, 0.5) is 0 Å². The Bertz CT molecular complexity index is 292. The molecule has 0 atom stereocenters. The van der Waals surface area contributed by atoms with E-state index >= 15 is 0 Å². The molecule has 0 aliphatic heterocycles. The molecule has 4 heteroatoms. The van der Waals surface area contributed by atoms with Gasteiger partial charge in [-0.15, -0.1) is 11.8 Å². The highest BCUT2D eigenvalue weighted by atomic mass is 32.2. The van der Waals surface area contributed by atoms with Gasteiger partial charge in [-0.25, -0.2) is 0 Å². The maximum Gasteiger partial charge on any atom is 0.218 e. The molecular formula is C9H10O3S. The van der Waals surface area contributed by atoms with Crippen LogP contribution in [0.25, 0.3) is 0 Å². The molecule has 0 saturated carbocycles. The Morgan fingerprint density at radius 2 is 1.85 bits per heavy atom. The molecule has 0 aliphatic rings. The molecule has 0 fully saturated rings. The van der Waals surface area contributed by atoms with Crippen molar-refractivity contribution < 1.29 is 15.0 Å². The highest BCUT2D eigenvalue weighted by Gasteiger charge is 2.12. The molecule has 1 rings (SSSR count). The molecule has 0 spiro atoms. The summed E-state index contributed by atoms with van der Waals surface area (Å²) in [6, 6.07) is 6.68. The number of aliphatic hydroxyl groups is 2.